The van der Waals surface area contributed by atoms with E-state index in [9.17, 15) is 0 Å². The Bertz CT molecular complexity index is 294. The van der Waals surface area contributed by atoms with Gasteiger partial charge in [0, 0.05) is 0 Å². The summed E-state index contributed by atoms with van der Waals surface area (Å²) in [7, 11) is 0. The van der Waals surface area contributed by atoms with E-state index in [1.807, 2.05) is 0 Å². The van der Waals surface area contributed by atoms with Crippen LogP contribution in [0.1, 0.15) is 50.7 Å². The molecule has 0 heterocycles. The number of benzene rings is 1. The molecule has 0 aromatic heterocycles. The fourth-order valence-electron chi connectivity index (χ4n) is 1.50. The van der Waals surface area contributed by atoms with Crippen LogP contribution in [0.2, 0.25) is 0 Å². The Morgan fingerprint density at radius 1 is 0.786 bits per heavy atom. The molecule has 0 radical (unpaired) electrons. The first kappa shape index (κ1) is 12.3. The maximum atomic E-state index is 3.18. The van der Waals surface area contributed by atoms with Crippen molar-refractivity contribution in [2.75, 3.05) is 0 Å². The van der Waals surface area contributed by atoms with Crippen molar-refractivity contribution in [2.24, 2.45) is 0 Å². The van der Waals surface area contributed by atoms with Crippen LogP contribution in [-0.4, -0.2) is 32.0 Å². The Morgan fingerprint density at radius 2 is 1.07 bits per heavy atom. The van der Waals surface area contributed by atoms with E-state index in [4.69, 9.17) is 0 Å². The second-order valence-corrected chi connectivity index (χ2v) is 5.92. The van der Waals surface area contributed by atoms with Gasteiger partial charge in [-0.3, -0.25) is 0 Å². The third-order valence-electron chi connectivity index (χ3n) is 2.42. The SMILES string of the molecule is CC(C)c1ccc(C(C)C)c([Se-])c1[Se-]. The van der Waals surface area contributed by atoms with Crippen molar-refractivity contribution in [1.29, 1.82) is 0 Å². The van der Waals surface area contributed by atoms with Gasteiger partial charge in [0.15, 0.2) is 0 Å². The molecule has 1 aromatic rings. The van der Waals surface area contributed by atoms with Gasteiger partial charge in [0.05, 0.1) is 0 Å². The molecule has 1 aromatic carbocycles. The third kappa shape index (κ3) is 2.44. The van der Waals surface area contributed by atoms with E-state index in [2.05, 4.69) is 71.9 Å². The number of hydrogen-bond donors (Lipinski definition) is 0. The van der Waals surface area contributed by atoms with Crippen LogP contribution in [0.15, 0.2) is 12.1 Å². The molecule has 0 unspecified atom stereocenters. The van der Waals surface area contributed by atoms with Crippen molar-refractivity contribution in [1.82, 2.24) is 0 Å². The van der Waals surface area contributed by atoms with Crippen LogP contribution < -0.4 is 8.92 Å². The Hall–Kier alpha value is 0.259. The van der Waals surface area contributed by atoms with Crippen LogP contribution >= 0.6 is 0 Å². The van der Waals surface area contributed by atoms with Crippen molar-refractivity contribution in [3.63, 3.8) is 0 Å². The predicted molar refractivity (Wildman–Crippen MR) is 65.4 cm³/mol. The van der Waals surface area contributed by atoms with E-state index in [0.29, 0.717) is 11.8 Å². The van der Waals surface area contributed by atoms with Crippen molar-refractivity contribution < 1.29 is 0 Å². The van der Waals surface area contributed by atoms with Crippen molar-refractivity contribution in [3.8, 4) is 0 Å². The molecule has 0 fully saturated rings. The van der Waals surface area contributed by atoms with Gasteiger partial charge in [-0.25, -0.2) is 0 Å². The van der Waals surface area contributed by atoms with Gasteiger partial charge in [-0.15, -0.1) is 0 Å². The molecule has 0 saturated carbocycles. The summed E-state index contributed by atoms with van der Waals surface area (Å²) in [6.45, 7) is 8.91. The third-order valence-corrected chi connectivity index (χ3v) is 4.92. The van der Waals surface area contributed by atoms with Gasteiger partial charge in [0.1, 0.15) is 0 Å². The van der Waals surface area contributed by atoms with E-state index in [0.717, 1.165) is 0 Å². The summed E-state index contributed by atoms with van der Waals surface area (Å²) in [4.78, 5) is 0. The summed E-state index contributed by atoms with van der Waals surface area (Å²) < 4.78 is 2.59. The number of rotatable bonds is 2. The summed E-state index contributed by atoms with van der Waals surface area (Å²) in [5, 5.41) is 0. The van der Waals surface area contributed by atoms with Gasteiger partial charge < -0.3 is 0 Å². The molecular weight excluding hydrogens is 302 g/mol. The average molecular weight is 318 g/mol. The first-order chi connectivity index (χ1) is 6.45. The molecule has 0 aliphatic rings. The van der Waals surface area contributed by atoms with E-state index in [-0.39, 0.29) is 0 Å². The topological polar surface area (TPSA) is 0 Å². The van der Waals surface area contributed by atoms with E-state index >= 15 is 0 Å². The number of hydrogen-bond acceptors (Lipinski definition) is 0. The monoisotopic (exact) mass is 320 g/mol. The molecule has 0 nitrogen and oxygen atoms in total. The molecule has 0 amide bonds. The maximum absolute atomic E-state index is 3.18. The molecule has 14 heavy (non-hydrogen) atoms. The zero-order valence-electron chi connectivity index (χ0n) is 9.13. The van der Waals surface area contributed by atoms with Crippen LogP contribution in [0.3, 0.4) is 0 Å². The second-order valence-electron chi connectivity index (χ2n) is 4.21. The molecule has 0 saturated heterocycles. The quantitative estimate of drug-likeness (QED) is 0.726. The Morgan fingerprint density at radius 3 is 1.29 bits per heavy atom. The van der Waals surface area contributed by atoms with Crippen LogP contribution in [0.25, 0.3) is 0 Å². The molecule has 0 spiro atoms. The normalized spacial score (nSPS) is 11.3. The van der Waals surface area contributed by atoms with E-state index in [1.165, 1.54) is 20.1 Å². The molecule has 2 heteroatoms. The van der Waals surface area contributed by atoms with Crippen LogP contribution in [-0.2, 0) is 0 Å². The summed E-state index contributed by atoms with van der Waals surface area (Å²) in [6.07, 6.45) is 0. The van der Waals surface area contributed by atoms with Gasteiger partial charge >= 0.3 is 104 Å². The van der Waals surface area contributed by atoms with Crippen LogP contribution in [0, 0.1) is 0 Å². The van der Waals surface area contributed by atoms with Gasteiger partial charge in [-0.1, -0.05) is 0 Å². The first-order valence-electron chi connectivity index (χ1n) is 4.96. The van der Waals surface area contributed by atoms with E-state index < -0.39 is 0 Å². The zero-order chi connectivity index (χ0) is 10.9. The summed E-state index contributed by atoms with van der Waals surface area (Å²) >= 11 is 6.37. The van der Waals surface area contributed by atoms with Gasteiger partial charge in [-0.05, 0) is 0 Å². The van der Waals surface area contributed by atoms with Gasteiger partial charge in [0.2, 0.25) is 0 Å². The molecule has 0 N–H and O–H groups in total. The predicted octanol–water partition coefficient (Wildman–Crippen LogP) is 1.52. The van der Waals surface area contributed by atoms with Crippen molar-refractivity contribution >= 4 is 40.9 Å². The molecule has 0 aliphatic heterocycles. The Kier molecular flexibility index (Phi) is 4.28. The minimum atomic E-state index is 0.583. The van der Waals surface area contributed by atoms with Gasteiger partial charge in [-0.2, -0.15) is 0 Å². The zero-order valence-corrected chi connectivity index (χ0v) is 12.6. The van der Waals surface area contributed by atoms with Crippen LogP contribution in [0.4, 0.5) is 0 Å². The fraction of sp³-hybridized carbons (Fsp3) is 0.500. The standard InChI is InChI=1S/C12H18Se2/c1-7(2)9-5-6-10(8(3)4)12(14)11(9)13/h5-8,13-14H,1-4H3/p-2. The summed E-state index contributed by atoms with van der Waals surface area (Å²) in [5.74, 6) is 1.17. The second kappa shape index (κ2) is 4.85. The van der Waals surface area contributed by atoms with E-state index in [1.54, 1.807) is 0 Å². The molecule has 0 aliphatic carbocycles. The molecule has 1 rings (SSSR count). The molecule has 0 bridgehead atoms. The Labute approximate surface area is 103 Å². The Balaban J connectivity index is 3.26. The first-order valence-corrected chi connectivity index (χ1v) is 6.67. The van der Waals surface area contributed by atoms with Crippen LogP contribution in [0.5, 0.6) is 0 Å². The summed E-state index contributed by atoms with van der Waals surface area (Å²) in [5.41, 5.74) is 2.81. The fourth-order valence-corrected chi connectivity index (χ4v) is 3.27. The van der Waals surface area contributed by atoms with Crippen molar-refractivity contribution in [2.45, 2.75) is 39.5 Å². The minimum absolute atomic E-state index is 0.583. The molecular formula is C12H16Se2-2. The van der Waals surface area contributed by atoms with Gasteiger partial charge in [0.25, 0.3) is 0 Å². The summed E-state index contributed by atoms with van der Waals surface area (Å²) in [6, 6.07) is 4.49. The molecule has 78 valence electrons. The average Bonchev–Trinajstić information content (AvgIpc) is 2.08. The van der Waals surface area contributed by atoms with Crippen molar-refractivity contribution in [3.05, 3.63) is 23.3 Å². The molecule has 0 atom stereocenters.